The fourth-order valence-electron chi connectivity index (χ4n) is 2.91. The molecule has 0 heterocycles. The molecule has 2 nitrogen and oxygen atoms in total. The van der Waals surface area contributed by atoms with E-state index in [1.54, 1.807) is 0 Å². The number of aliphatic carboxylic acids is 1. The first-order chi connectivity index (χ1) is 8.06. The SMILES string of the molecule is CC(c1ccc(Br)cc1)C1(C(=O)O)CCCC1. The molecule has 0 aromatic heterocycles. The molecule has 1 aliphatic carbocycles. The first kappa shape index (κ1) is 12.6. The monoisotopic (exact) mass is 296 g/mol. The van der Waals surface area contributed by atoms with E-state index in [-0.39, 0.29) is 5.92 Å². The standard InChI is InChI=1S/C14H17BrO2/c1-10(11-4-6-12(15)7-5-11)14(13(16)17)8-2-3-9-14/h4-7,10H,2-3,8-9H2,1H3,(H,16,17). The van der Waals surface area contributed by atoms with Gasteiger partial charge in [-0.2, -0.15) is 0 Å². The summed E-state index contributed by atoms with van der Waals surface area (Å²) in [5.41, 5.74) is 0.575. The van der Waals surface area contributed by atoms with Crippen LogP contribution in [0.15, 0.2) is 28.7 Å². The van der Waals surface area contributed by atoms with Gasteiger partial charge in [-0.15, -0.1) is 0 Å². The van der Waals surface area contributed by atoms with E-state index in [2.05, 4.69) is 15.9 Å². The van der Waals surface area contributed by atoms with Crippen LogP contribution in [-0.2, 0) is 4.79 Å². The number of rotatable bonds is 3. The molecule has 3 heteroatoms. The van der Waals surface area contributed by atoms with E-state index < -0.39 is 11.4 Å². The van der Waals surface area contributed by atoms with E-state index in [0.717, 1.165) is 35.7 Å². The van der Waals surface area contributed by atoms with Crippen molar-refractivity contribution >= 4 is 21.9 Å². The molecule has 92 valence electrons. The highest BCUT2D eigenvalue weighted by Crippen LogP contribution is 2.48. The van der Waals surface area contributed by atoms with Crippen molar-refractivity contribution in [1.82, 2.24) is 0 Å². The fourth-order valence-corrected chi connectivity index (χ4v) is 3.17. The van der Waals surface area contributed by atoms with E-state index in [1.165, 1.54) is 0 Å². The fraction of sp³-hybridized carbons (Fsp3) is 0.500. The van der Waals surface area contributed by atoms with E-state index in [9.17, 15) is 9.90 Å². The number of carbonyl (C=O) groups is 1. The van der Waals surface area contributed by atoms with Gasteiger partial charge in [0, 0.05) is 4.47 Å². The van der Waals surface area contributed by atoms with Gasteiger partial charge in [-0.1, -0.05) is 47.8 Å². The molecule has 1 fully saturated rings. The minimum atomic E-state index is -0.634. The zero-order valence-electron chi connectivity index (χ0n) is 9.95. The molecule has 0 aliphatic heterocycles. The Bertz CT molecular complexity index is 405. The third-order valence-corrected chi connectivity index (χ3v) is 4.65. The Kier molecular flexibility index (Phi) is 3.57. The Morgan fingerprint density at radius 3 is 2.29 bits per heavy atom. The van der Waals surface area contributed by atoms with Crippen molar-refractivity contribution in [2.24, 2.45) is 5.41 Å². The first-order valence-electron chi connectivity index (χ1n) is 6.05. The van der Waals surface area contributed by atoms with Crippen molar-refractivity contribution in [1.29, 1.82) is 0 Å². The minimum absolute atomic E-state index is 0.0793. The molecule has 0 amide bonds. The molecule has 17 heavy (non-hydrogen) atoms. The van der Waals surface area contributed by atoms with Gasteiger partial charge in [-0.05, 0) is 36.5 Å². The van der Waals surface area contributed by atoms with Crippen molar-refractivity contribution in [3.05, 3.63) is 34.3 Å². The maximum atomic E-state index is 11.6. The van der Waals surface area contributed by atoms with Crippen molar-refractivity contribution < 1.29 is 9.90 Å². The summed E-state index contributed by atoms with van der Waals surface area (Å²) < 4.78 is 1.03. The highest BCUT2D eigenvalue weighted by atomic mass is 79.9. The molecular formula is C14H17BrO2. The average Bonchev–Trinajstić information content (AvgIpc) is 2.79. The molecule has 0 radical (unpaired) electrons. The van der Waals surface area contributed by atoms with Gasteiger partial charge in [0.1, 0.15) is 0 Å². The van der Waals surface area contributed by atoms with Gasteiger partial charge < -0.3 is 5.11 Å². The van der Waals surface area contributed by atoms with Gasteiger partial charge in [0.2, 0.25) is 0 Å². The average molecular weight is 297 g/mol. The van der Waals surface area contributed by atoms with Crippen molar-refractivity contribution in [2.75, 3.05) is 0 Å². The van der Waals surface area contributed by atoms with Gasteiger partial charge >= 0.3 is 5.97 Å². The molecule has 1 saturated carbocycles. The zero-order valence-corrected chi connectivity index (χ0v) is 11.5. The van der Waals surface area contributed by atoms with Crippen LogP contribution in [0.2, 0.25) is 0 Å². The molecule has 1 N–H and O–H groups in total. The molecule has 0 bridgehead atoms. The lowest BCUT2D eigenvalue weighted by atomic mass is 9.72. The minimum Gasteiger partial charge on any atom is -0.481 e. The molecule has 0 saturated heterocycles. The Morgan fingerprint density at radius 2 is 1.82 bits per heavy atom. The van der Waals surface area contributed by atoms with Crippen LogP contribution in [0.3, 0.4) is 0 Å². The molecule has 1 aliphatic rings. The smallest absolute Gasteiger partial charge is 0.310 e. The second-order valence-electron chi connectivity index (χ2n) is 4.94. The van der Waals surface area contributed by atoms with Crippen LogP contribution in [-0.4, -0.2) is 11.1 Å². The van der Waals surface area contributed by atoms with Crippen LogP contribution in [0.5, 0.6) is 0 Å². The number of carboxylic acids is 1. The van der Waals surface area contributed by atoms with Crippen LogP contribution >= 0.6 is 15.9 Å². The summed E-state index contributed by atoms with van der Waals surface area (Å²) in [6.07, 6.45) is 3.68. The van der Waals surface area contributed by atoms with E-state index in [0.29, 0.717) is 0 Å². The third-order valence-electron chi connectivity index (χ3n) is 4.12. The van der Waals surface area contributed by atoms with Gasteiger partial charge in [0.05, 0.1) is 5.41 Å². The van der Waals surface area contributed by atoms with E-state index in [1.807, 2.05) is 31.2 Å². The zero-order chi connectivity index (χ0) is 12.5. The van der Waals surface area contributed by atoms with Crippen LogP contribution in [0, 0.1) is 5.41 Å². The highest BCUT2D eigenvalue weighted by Gasteiger charge is 2.46. The van der Waals surface area contributed by atoms with Crippen LogP contribution in [0.1, 0.15) is 44.1 Å². The first-order valence-corrected chi connectivity index (χ1v) is 6.84. The Labute approximate surface area is 110 Å². The number of benzene rings is 1. The highest BCUT2D eigenvalue weighted by molar-refractivity contribution is 9.10. The van der Waals surface area contributed by atoms with Crippen molar-refractivity contribution in [3.8, 4) is 0 Å². The summed E-state index contributed by atoms with van der Waals surface area (Å²) in [4.78, 5) is 11.6. The number of carboxylic acid groups (broad SMARTS) is 1. The third kappa shape index (κ3) is 2.25. The Balaban J connectivity index is 2.31. The maximum Gasteiger partial charge on any atom is 0.310 e. The topological polar surface area (TPSA) is 37.3 Å². The molecular weight excluding hydrogens is 280 g/mol. The number of hydrogen-bond donors (Lipinski definition) is 1. The quantitative estimate of drug-likeness (QED) is 0.908. The van der Waals surface area contributed by atoms with Crippen molar-refractivity contribution in [3.63, 3.8) is 0 Å². The number of halogens is 1. The van der Waals surface area contributed by atoms with Gasteiger partial charge in [0.15, 0.2) is 0 Å². The Hall–Kier alpha value is -0.830. The summed E-state index contributed by atoms with van der Waals surface area (Å²) in [6.45, 7) is 2.04. The second-order valence-corrected chi connectivity index (χ2v) is 5.86. The predicted octanol–water partition coefficient (Wildman–Crippen LogP) is 4.20. The van der Waals surface area contributed by atoms with Gasteiger partial charge in [-0.3, -0.25) is 4.79 Å². The molecule has 0 spiro atoms. The summed E-state index contributed by atoms with van der Waals surface area (Å²) >= 11 is 3.40. The molecule has 1 atom stereocenters. The number of hydrogen-bond acceptors (Lipinski definition) is 1. The Morgan fingerprint density at radius 1 is 1.29 bits per heavy atom. The summed E-state index contributed by atoms with van der Waals surface area (Å²) in [6, 6.07) is 8.02. The van der Waals surface area contributed by atoms with Crippen LogP contribution in [0.4, 0.5) is 0 Å². The summed E-state index contributed by atoms with van der Waals surface area (Å²) in [5, 5.41) is 9.54. The van der Waals surface area contributed by atoms with Crippen molar-refractivity contribution in [2.45, 2.75) is 38.5 Å². The van der Waals surface area contributed by atoms with Crippen LogP contribution in [0.25, 0.3) is 0 Å². The predicted molar refractivity (Wildman–Crippen MR) is 71.1 cm³/mol. The largest absolute Gasteiger partial charge is 0.481 e. The molecule has 1 aromatic rings. The maximum absolute atomic E-state index is 11.6. The lowest BCUT2D eigenvalue weighted by Gasteiger charge is -2.31. The normalized spacial score (nSPS) is 20.1. The van der Waals surface area contributed by atoms with E-state index >= 15 is 0 Å². The second kappa shape index (κ2) is 4.81. The summed E-state index contributed by atoms with van der Waals surface area (Å²) in [5.74, 6) is -0.555. The lowest BCUT2D eigenvalue weighted by Crippen LogP contribution is -2.33. The lowest BCUT2D eigenvalue weighted by molar-refractivity contribution is -0.149. The van der Waals surface area contributed by atoms with Gasteiger partial charge in [-0.25, -0.2) is 0 Å². The van der Waals surface area contributed by atoms with E-state index in [4.69, 9.17) is 0 Å². The molecule has 1 unspecified atom stereocenters. The summed E-state index contributed by atoms with van der Waals surface area (Å²) in [7, 11) is 0. The molecule has 1 aromatic carbocycles. The van der Waals surface area contributed by atoms with Gasteiger partial charge in [0.25, 0.3) is 0 Å². The molecule has 2 rings (SSSR count). The van der Waals surface area contributed by atoms with Crippen LogP contribution < -0.4 is 0 Å².